The molecule has 0 N–H and O–H groups in total. The number of aryl methyl sites for hydroxylation is 1. The second-order valence-electron chi connectivity index (χ2n) is 4.17. The molecule has 1 heterocycles. The molecule has 18 heavy (non-hydrogen) atoms. The van der Waals surface area contributed by atoms with E-state index in [1.165, 1.54) is 15.2 Å². The smallest absolute Gasteiger partial charge is 0.255 e. The summed E-state index contributed by atoms with van der Waals surface area (Å²) in [5.41, 5.74) is 0. The molecular weight excluding hydrogens is 297 g/mol. The van der Waals surface area contributed by atoms with Gasteiger partial charge in [-0.25, -0.2) is 8.42 Å². The molecule has 0 atom stereocenters. The van der Waals surface area contributed by atoms with Crippen molar-refractivity contribution in [2.45, 2.75) is 31.3 Å². The quantitative estimate of drug-likeness (QED) is 0.756. The Labute approximate surface area is 118 Å². The standard InChI is InChI=1S/C10H17Cl2N3O2S/c1-8(2)15(6-4-5-11)18(16,17)10-9(12)7-13-14(10)3/h7-8H,4-6H2,1-3H3. The van der Waals surface area contributed by atoms with Gasteiger partial charge in [0.25, 0.3) is 10.0 Å². The molecule has 0 aliphatic rings. The van der Waals surface area contributed by atoms with E-state index < -0.39 is 10.0 Å². The van der Waals surface area contributed by atoms with E-state index in [4.69, 9.17) is 23.2 Å². The molecular formula is C10H17Cl2N3O2S. The number of halogens is 2. The van der Waals surface area contributed by atoms with Crippen molar-refractivity contribution in [1.29, 1.82) is 0 Å². The lowest BCUT2D eigenvalue weighted by molar-refractivity contribution is 0.351. The van der Waals surface area contributed by atoms with Gasteiger partial charge in [-0.05, 0) is 20.3 Å². The van der Waals surface area contributed by atoms with E-state index >= 15 is 0 Å². The zero-order chi connectivity index (χ0) is 13.9. The summed E-state index contributed by atoms with van der Waals surface area (Å²) in [7, 11) is -2.09. The van der Waals surface area contributed by atoms with Gasteiger partial charge in [-0.3, -0.25) is 4.68 Å². The Morgan fingerprint density at radius 1 is 1.50 bits per heavy atom. The number of alkyl halides is 1. The van der Waals surface area contributed by atoms with Crippen molar-refractivity contribution in [1.82, 2.24) is 14.1 Å². The van der Waals surface area contributed by atoms with Gasteiger partial charge in [0, 0.05) is 25.5 Å². The highest BCUT2D eigenvalue weighted by Gasteiger charge is 2.31. The fourth-order valence-corrected chi connectivity index (χ4v) is 4.08. The summed E-state index contributed by atoms with van der Waals surface area (Å²) in [6.07, 6.45) is 1.92. The molecule has 0 aromatic carbocycles. The van der Waals surface area contributed by atoms with E-state index in [0.717, 1.165) is 0 Å². The number of sulfonamides is 1. The van der Waals surface area contributed by atoms with E-state index in [1.54, 1.807) is 7.05 Å². The van der Waals surface area contributed by atoms with E-state index in [1.807, 2.05) is 13.8 Å². The van der Waals surface area contributed by atoms with Crippen molar-refractivity contribution >= 4 is 33.2 Å². The average Bonchev–Trinajstić information content (AvgIpc) is 2.58. The van der Waals surface area contributed by atoms with Crippen LogP contribution in [0.5, 0.6) is 0 Å². The van der Waals surface area contributed by atoms with Crippen LogP contribution in [0.2, 0.25) is 5.02 Å². The van der Waals surface area contributed by atoms with Crippen LogP contribution in [0.1, 0.15) is 20.3 Å². The average molecular weight is 314 g/mol. The number of hydrogen-bond acceptors (Lipinski definition) is 3. The van der Waals surface area contributed by atoms with Crippen LogP contribution in [0, 0.1) is 0 Å². The third kappa shape index (κ3) is 3.17. The van der Waals surface area contributed by atoms with Crippen molar-refractivity contribution < 1.29 is 8.42 Å². The maximum absolute atomic E-state index is 12.5. The fraction of sp³-hybridized carbons (Fsp3) is 0.700. The van der Waals surface area contributed by atoms with Crippen LogP contribution in [0.4, 0.5) is 0 Å². The van der Waals surface area contributed by atoms with Crippen LogP contribution >= 0.6 is 23.2 Å². The predicted molar refractivity (Wildman–Crippen MR) is 72.6 cm³/mol. The monoisotopic (exact) mass is 313 g/mol. The third-order valence-corrected chi connectivity index (χ3v) is 5.33. The first-order valence-corrected chi connectivity index (χ1v) is 7.93. The molecule has 0 unspecified atom stereocenters. The lowest BCUT2D eigenvalue weighted by atomic mass is 10.4. The molecule has 0 bridgehead atoms. The van der Waals surface area contributed by atoms with E-state index in [9.17, 15) is 8.42 Å². The molecule has 0 fully saturated rings. The Morgan fingerprint density at radius 2 is 2.11 bits per heavy atom. The van der Waals surface area contributed by atoms with E-state index in [-0.39, 0.29) is 16.1 Å². The van der Waals surface area contributed by atoms with Gasteiger partial charge >= 0.3 is 0 Å². The van der Waals surface area contributed by atoms with Crippen molar-refractivity contribution in [3.8, 4) is 0 Å². The Bertz CT molecular complexity index is 480. The second kappa shape index (κ2) is 6.23. The highest BCUT2D eigenvalue weighted by Crippen LogP contribution is 2.25. The number of aromatic nitrogens is 2. The lowest BCUT2D eigenvalue weighted by Gasteiger charge is -2.25. The lowest BCUT2D eigenvalue weighted by Crippen LogP contribution is -2.38. The Hall–Kier alpha value is -0.300. The van der Waals surface area contributed by atoms with Crippen LogP contribution < -0.4 is 0 Å². The van der Waals surface area contributed by atoms with Gasteiger partial charge in [0.2, 0.25) is 0 Å². The van der Waals surface area contributed by atoms with Crippen LogP contribution in [-0.2, 0) is 17.1 Å². The van der Waals surface area contributed by atoms with Crippen LogP contribution in [0.15, 0.2) is 11.2 Å². The molecule has 1 aromatic rings. The molecule has 8 heteroatoms. The fourth-order valence-electron chi connectivity index (χ4n) is 1.67. The normalized spacial score (nSPS) is 12.6. The van der Waals surface area contributed by atoms with Crippen LogP contribution in [0.25, 0.3) is 0 Å². The first-order chi connectivity index (χ1) is 8.32. The summed E-state index contributed by atoms with van der Waals surface area (Å²) < 4.78 is 27.7. The Balaban J connectivity index is 3.17. The van der Waals surface area contributed by atoms with Gasteiger partial charge in [0.05, 0.1) is 11.2 Å². The maximum Gasteiger partial charge on any atom is 0.261 e. The second-order valence-corrected chi connectivity index (χ2v) is 6.76. The minimum absolute atomic E-state index is 0.0208. The molecule has 0 spiro atoms. The van der Waals surface area contributed by atoms with Crippen molar-refractivity contribution in [2.24, 2.45) is 7.05 Å². The first kappa shape index (κ1) is 15.8. The van der Waals surface area contributed by atoms with Gasteiger partial charge in [-0.15, -0.1) is 11.6 Å². The highest BCUT2D eigenvalue weighted by molar-refractivity contribution is 7.89. The van der Waals surface area contributed by atoms with Gasteiger partial charge < -0.3 is 0 Å². The summed E-state index contributed by atoms with van der Waals surface area (Å²) in [6, 6.07) is -0.163. The molecule has 0 saturated heterocycles. The predicted octanol–water partition coefficient (Wildman–Crippen LogP) is 2.10. The van der Waals surface area contributed by atoms with Crippen LogP contribution in [-0.4, -0.2) is 41.0 Å². The number of rotatable bonds is 6. The summed E-state index contributed by atoms with van der Waals surface area (Å²) in [4.78, 5) is 0. The Morgan fingerprint density at radius 3 is 2.50 bits per heavy atom. The SMILES string of the molecule is CC(C)N(CCCCl)S(=O)(=O)c1c(Cl)cnn1C. The summed E-state index contributed by atoms with van der Waals surface area (Å²) in [5, 5.41) is 4.01. The van der Waals surface area contributed by atoms with Crippen LogP contribution in [0.3, 0.4) is 0 Å². The summed E-state index contributed by atoms with van der Waals surface area (Å²) in [5.74, 6) is 0.415. The molecule has 1 rings (SSSR count). The molecule has 0 amide bonds. The largest absolute Gasteiger partial charge is 0.261 e. The summed E-state index contributed by atoms with van der Waals surface area (Å²) in [6.45, 7) is 4.00. The minimum Gasteiger partial charge on any atom is -0.255 e. The van der Waals surface area contributed by atoms with E-state index in [0.29, 0.717) is 18.8 Å². The molecule has 1 aromatic heterocycles. The zero-order valence-corrected chi connectivity index (χ0v) is 12.9. The minimum atomic E-state index is -3.65. The van der Waals surface area contributed by atoms with Crippen molar-refractivity contribution in [3.05, 3.63) is 11.2 Å². The number of hydrogen-bond donors (Lipinski definition) is 0. The van der Waals surface area contributed by atoms with Gasteiger partial charge in [-0.1, -0.05) is 11.6 Å². The van der Waals surface area contributed by atoms with Gasteiger partial charge in [0.1, 0.15) is 0 Å². The molecule has 0 aliphatic carbocycles. The first-order valence-electron chi connectivity index (χ1n) is 5.57. The summed E-state index contributed by atoms with van der Waals surface area (Å²) >= 11 is 11.5. The molecule has 5 nitrogen and oxygen atoms in total. The topological polar surface area (TPSA) is 55.2 Å². The maximum atomic E-state index is 12.5. The molecule has 0 radical (unpaired) electrons. The highest BCUT2D eigenvalue weighted by atomic mass is 35.5. The Kier molecular flexibility index (Phi) is 5.46. The van der Waals surface area contributed by atoms with Crippen molar-refractivity contribution in [2.75, 3.05) is 12.4 Å². The molecule has 0 aliphatic heterocycles. The molecule has 0 saturated carbocycles. The van der Waals surface area contributed by atoms with Gasteiger partial charge in [0.15, 0.2) is 5.03 Å². The van der Waals surface area contributed by atoms with E-state index in [2.05, 4.69) is 5.10 Å². The zero-order valence-electron chi connectivity index (χ0n) is 10.6. The molecule has 104 valence electrons. The number of nitrogens with zero attached hydrogens (tertiary/aromatic N) is 3. The van der Waals surface area contributed by atoms with Gasteiger partial charge in [-0.2, -0.15) is 9.40 Å². The van der Waals surface area contributed by atoms with Crippen molar-refractivity contribution in [3.63, 3.8) is 0 Å². The third-order valence-electron chi connectivity index (χ3n) is 2.48.